The maximum atomic E-state index is 9.61. The first-order valence-electron chi connectivity index (χ1n) is 3.55. The molecule has 1 heterocycles. The van der Waals surface area contributed by atoms with Crippen LogP contribution in [-0.4, -0.2) is 36.1 Å². The summed E-state index contributed by atoms with van der Waals surface area (Å²) in [6.07, 6.45) is -1.18. The maximum absolute atomic E-state index is 9.61. The van der Waals surface area contributed by atoms with E-state index in [4.69, 9.17) is 10.9 Å². The van der Waals surface area contributed by atoms with Crippen molar-refractivity contribution >= 4 is 46.0 Å². The molecule has 1 fully saturated rings. The maximum Gasteiger partial charge on any atom is 0.124 e. The zero-order valence-electron chi connectivity index (χ0n) is 6.44. The lowest BCUT2D eigenvalue weighted by Gasteiger charge is -2.13. The van der Waals surface area contributed by atoms with Gasteiger partial charge in [-0.25, -0.2) is 0 Å². The van der Waals surface area contributed by atoms with E-state index in [0.717, 1.165) is 0 Å². The number of halogens is 2. The van der Waals surface area contributed by atoms with Crippen LogP contribution in [0.1, 0.15) is 6.92 Å². The van der Waals surface area contributed by atoms with E-state index < -0.39 is 6.10 Å². The molecule has 0 saturated carbocycles. The zero-order valence-corrected chi connectivity index (χ0v) is 10.8. The fraction of sp³-hybridized carbons (Fsp3) is 1.00. The second kappa shape index (κ2) is 5.25. The third-order valence-corrected chi connectivity index (χ3v) is 2.85. The Kier molecular flexibility index (Phi) is 4.97. The summed E-state index contributed by atoms with van der Waals surface area (Å²) in [4.78, 5) is 0. The molecule has 0 aromatic carbocycles. The highest BCUT2D eigenvalue weighted by Crippen LogP contribution is 2.25. The Labute approximate surface area is 99.3 Å². The summed E-state index contributed by atoms with van der Waals surface area (Å²) in [7, 11) is 0. The zero-order chi connectivity index (χ0) is 9.14. The minimum absolute atomic E-state index is 0.0755. The topological polar surface area (TPSA) is 47.9 Å². The molecule has 4 nitrogen and oxygen atoms in total. The highest BCUT2D eigenvalue weighted by atomic mass is 127. The molecular weight excluding hydrogens is 390 g/mol. The molecule has 4 atom stereocenters. The summed E-state index contributed by atoms with van der Waals surface area (Å²) in [5.74, 6) is 0. The van der Waals surface area contributed by atoms with Gasteiger partial charge in [0.2, 0.25) is 0 Å². The first-order chi connectivity index (χ1) is 5.70. The van der Waals surface area contributed by atoms with Gasteiger partial charge in [0.15, 0.2) is 0 Å². The Bertz CT molecular complexity index is 146. The fourth-order valence-corrected chi connectivity index (χ4v) is 2.32. The number of ether oxygens (including phenoxy) is 1. The minimum atomic E-state index is -0.591. The van der Waals surface area contributed by atoms with Crippen LogP contribution >= 0.6 is 46.0 Å². The van der Waals surface area contributed by atoms with E-state index in [0.29, 0.717) is 6.61 Å². The molecule has 12 heavy (non-hydrogen) atoms. The molecule has 6 heteroatoms. The Hall–Kier alpha value is 1.30. The van der Waals surface area contributed by atoms with Gasteiger partial charge in [0.1, 0.15) is 64.3 Å². The molecule has 0 amide bonds. The van der Waals surface area contributed by atoms with E-state index in [9.17, 15) is 5.11 Å². The van der Waals surface area contributed by atoms with Gasteiger partial charge in [-0.3, -0.25) is 0 Å². The monoisotopic (exact) mass is 400 g/mol. The number of aliphatic hydroxyl groups is 1. The van der Waals surface area contributed by atoms with Gasteiger partial charge in [-0.15, -0.1) is 0 Å². The molecule has 0 bridgehead atoms. The van der Waals surface area contributed by atoms with Gasteiger partial charge in [-0.1, -0.05) is 0 Å². The Morgan fingerprint density at radius 3 is 2.58 bits per heavy atom. The van der Waals surface area contributed by atoms with E-state index in [-0.39, 0.29) is 18.3 Å². The molecule has 0 aromatic rings. The predicted octanol–water partition coefficient (Wildman–Crippen LogP) is 1.24. The Morgan fingerprint density at radius 1 is 1.50 bits per heavy atom. The van der Waals surface area contributed by atoms with E-state index in [2.05, 4.69) is 0 Å². The van der Waals surface area contributed by atoms with Gasteiger partial charge in [0.05, 0.1) is 12.7 Å². The molecule has 0 radical (unpaired) electrons. The Morgan fingerprint density at radius 2 is 2.17 bits per heavy atom. The van der Waals surface area contributed by atoms with Gasteiger partial charge in [-0.05, 0) is 6.92 Å². The van der Waals surface area contributed by atoms with Crippen LogP contribution in [0, 0.1) is 0 Å². The van der Waals surface area contributed by atoms with Gasteiger partial charge in [0, 0.05) is 0 Å². The molecule has 72 valence electrons. The summed E-state index contributed by atoms with van der Waals surface area (Å²) >= 11 is 3.56. The average molecular weight is 400 g/mol. The number of hydrogen-bond donors (Lipinski definition) is 1. The van der Waals surface area contributed by atoms with Crippen LogP contribution in [0.4, 0.5) is 0 Å². The summed E-state index contributed by atoms with van der Waals surface area (Å²) in [6.45, 7) is 2.27. The number of hydrogen-bond acceptors (Lipinski definition) is 4. The van der Waals surface area contributed by atoms with Crippen molar-refractivity contribution in [1.82, 2.24) is 0 Å². The summed E-state index contributed by atoms with van der Waals surface area (Å²) in [6, 6.07) is 0. The van der Waals surface area contributed by atoms with Gasteiger partial charge >= 0.3 is 0 Å². The molecule has 0 aliphatic carbocycles. The van der Waals surface area contributed by atoms with Crippen molar-refractivity contribution in [3.05, 3.63) is 0 Å². The first-order valence-corrected chi connectivity index (χ1v) is 5.31. The SMILES string of the molecule is C[C@@H]1O[C@H](COI)C(O)[C@@H]1OI. The van der Waals surface area contributed by atoms with E-state index in [1.165, 1.54) is 0 Å². The smallest absolute Gasteiger partial charge is 0.124 e. The fourth-order valence-electron chi connectivity index (χ4n) is 1.25. The predicted molar refractivity (Wildman–Crippen MR) is 59.2 cm³/mol. The van der Waals surface area contributed by atoms with E-state index in [1.807, 2.05) is 6.92 Å². The third-order valence-electron chi connectivity index (χ3n) is 1.90. The van der Waals surface area contributed by atoms with Crippen molar-refractivity contribution in [3.8, 4) is 0 Å². The van der Waals surface area contributed by atoms with Crippen molar-refractivity contribution in [1.29, 1.82) is 0 Å². The van der Waals surface area contributed by atoms with Crippen LogP contribution in [0.2, 0.25) is 0 Å². The highest BCUT2D eigenvalue weighted by Gasteiger charge is 2.42. The molecule has 1 rings (SSSR count). The lowest BCUT2D eigenvalue weighted by molar-refractivity contribution is -0.00264. The quantitative estimate of drug-likeness (QED) is 0.725. The molecule has 0 aromatic heterocycles. The second-order valence-corrected chi connectivity index (χ2v) is 3.83. The minimum Gasteiger partial charge on any atom is -0.387 e. The van der Waals surface area contributed by atoms with Crippen LogP contribution < -0.4 is 0 Å². The molecule has 0 spiro atoms. The molecule has 1 N–H and O–H groups in total. The largest absolute Gasteiger partial charge is 0.387 e. The standard InChI is InChI=1S/C6H10I2O4/c1-3-6(12-8)5(9)4(11-3)2-10-7/h3-6,9H,2H2,1H3/t3-,4+,5?,6+/m0/s1. The molecular formula is C6H10I2O4. The van der Waals surface area contributed by atoms with Crippen LogP contribution in [0.25, 0.3) is 0 Å². The van der Waals surface area contributed by atoms with Crippen LogP contribution in [0.3, 0.4) is 0 Å². The summed E-state index contributed by atoms with van der Waals surface area (Å²) in [5.41, 5.74) is 0. The Balaban J connectivity index is 2.49. The van der Waals surface area contributed by atoms with Crippen LogP contribution in [0.5, 0.6) is 0 Å². The number of rotatable bonds is 3. The van der Waals surface area contributed by atoms with Gasteiger partial charge in [-0.2, -0.15) is 0 Å². The van der Waals surface area contributed by atoms with Crippen molar-refractivity contribution in [2.75, 3.05) is 6.61 Å². The lowest BCUT2D eigenvalue weighted by Crippen LogP contribution is -2.33. The third kappa shape index (κ3) is 2.41. The van der Waals surface area contributed by atoms with Gasteiger partial charge in [0.25, 0.3) is 0 Å². The van der Waals surface area contributed by atoms with E-state index in [1.54, 1.807) is 46.0 Å². The van der Waals surface area contributed by atoms with Crippen molar-refractivity contribution in [3.63, 3.8) is 0 Å². The highest BCUT2D eigenvalue weighted by molar-refractivity contribution is 14.1. The van der Waals surface area contributed by atoms with Crippen molar-refractivity contribution in [2.24, 2.45) is 0 Å². The molecule has 1 aliphatic heterocycles. The average Bonchev–Trinajstić information content (AvgIpc) is 2.29. The molecule has 1 aliphatic rings. The number of aliphatic hydroxyl groups excluding tert-OH is 1. The molecule has 1 saturated heterocycles. The summed E-state index contributed by atoms with van der Waals surface area (Å²) < 4.78 is 15.3. The lowest BCUT2D eigenvalue weighted by atomic mass is 10.1. The van der Waals surface area contributed by atoms with Crippen molar-refractivity contribution < 1.29 is 16.0 Å². The van der Waals surface area contributed by atoms with Crippen molar-refractivity contribution in [2.45, 2.75) is 31.3 Å². The second-order valence-electron chi connectivity index (χ2n) is 2.70. The van der Waals surface area contributed by atoms with Gasteiger partial charge < -0.3 is 16.0 Å². The van der Waals surface area contributed by atoms with E-state index >= 15 is 0 Å². The molecule has 1 unspecified atom stereocenters. The summed E-state index contributed by atoms with van der Waals surface area (Å²) in [5, 5.41) is 9.61. The van der Waals surface area contributed by atoms with Crippen LogP contribution in [0.15, 0.2) is 0 Å². The first kappa shape index (κ1) is 11.4. The normalized spacial score (nSPS) is 42.0. The van der Waals surface area contributed by atoms with Crippen LogP contribution in [-0.2, 0) is 10.9 Å².